The molecule has 2 saturated carbocycles. The molecular weight excluding hydrogens is 452 g/mol. The fraction of sp³-hybridized carbons (Fsp3) is 0.593. The summed E-state index contributed by atoms with van der Waals surface area (Å²) in [6, 6.07) is 5.91. The van der Waals surface area contributed by atoms with Crippen molar-refractivity contribution in [1.82, 2.24) is 24.8 Å². The normalized spacial score (nSPS) is 23.8. The third kappa shape index (κ3) is 3.30. The van der Waals surface area contributed by atoms with Gasteiger partial charge in [-0.05, 0) is 65.3 Å². The number of aromatic nitrogens is 3. The van der Waals surface area contributed by atoms with E-state index < -0.39 is 0 Å². The lowest BCUT2D eigenvalue weighted by Crippen LogP contribution is -2.66. The van der Waals surface area contributed by atoms with Crippen LogP contribution in [0.1, 0.15) is 56.6 Å². The molecule has 3 fully saturated rings. The van der Waals surface area contributed by atoms with Crippen molar-refractivity contribution in [1.29, 1.82) is 5.26 Å². The van der Waals surface area contributed by atoms with Gasteiger partial charge in [0.25, 0.3) is 0 Å². The van der Waals surface area contributed by atoms with Crippen LogP contribution in [-0.2, 0) is 10.2 Å². The number of anilines is 3. The second kappa shape index (κ2) is 8.41. The van der Waals surface area contributed by atoms with Gasteiger partial charge in [-0.25, -0.2) is 15.0 Å². The molecule has 9 nitrogen and oxygen atoms in total. The van der Waals surface area contributed by atoms with Crippen molar-refractivity contribution in [3.05, 3.63) is 35.8 Å². The Balaban J connectivity index is 1.30. The minimum Gasteiger partial charge on any atom is -0.352 e. The number of fused-ring (bicyclic) bond motifs is 2. The quantitative estimate of drug-likeness (QED) is 0.652. The van der Waals surface area contributed by atoms with Crippen LogP contribution >= 0.6 is 0 Å². The molecule has 0 radical (unpaired) electrons. The predicted molar refractivity (Wildman–Crippen MR) is 137 cm³/mol. The third-order valence-corrected chi connectivity index (χ3v) is 9.14. The van der Waals surface area contributed by atoms with Gasteiger partial charge in [0.1, 0.15) is 29.3 Å². The van der Waals surface area contributed by atoms with Gasteiger partial charge in [0.2, 0.25) is 5.91 Å². The zero-order valence-corrected chi connectivity index (χ0v) is 21.4. The van der Waals surface area contributed by atoms with Crippen LogP contribution < -0.4 is 9.80 Å². The van der Waals surface area contributed by atoms with Crippen LogP contribution in [0.25, 0.3) is 0 Å². The SMILES string of the molecule is CC1CN(c2ncnc3c2C2(CCC2)CN3c2cc(C#N)ccn2)CCN1C(=O)C1(N(C)C)CCC1. The van der Waals surface area contributed by atoms with Crippen molar-refractivity contribution in [2.24, 2.45) is 0 Å². The number of pyridine rings is 1. The second-order valence-electron chi connectivity index (χ2n) is 11.2. The van der Waals surface area contributed by atoms with E-state index in [1.54, 1.807) is 18.6 Å². The van der Waals surface area contributed by atoms with Gasteiger partial charge in [-0.2, -0.15) is 5.26 Å². The maximum absolute atomic E-state index is 13.6. The molecule has 0 bridgehead atoms. The molecule has 36 heavy (non-hydrogen) atoms. The largest absolute Gasteiger partial charge is 0.352 e. The molecule has 1 spiro atoms. The number of rotatable bonds is 4. The topological polar surface area (TPSA) is 92.5 Å². The number of nitrogens with zero attached hydrogens (tertiary/aromatic N) is 8. The van der Waals surface area contributed by atoms with Crippen molar-refractivity contribution >= 4 is 23.4 Å². The van der Waals surface area contributed by atoms with E-state index >= 15 is 0 Å². The van der Waals surface area contributed by atoms with E-state index in [0.717, 1.165) is 69.2 Å². The van der Waals surface area contributed by atoms with Gasteiger partial charge in [0.15, 0.2) is 0 Å². The Bertz CT molecular complexity index is 1230. The van der Waals surface area contributed by atoms with Crippen LogP contribution in [0.4, 0.5) is 17.5 Å². The van der Waals surface area contributed by atoms with Crippen LogP contribution in [0.5, 0.6) is 0 Å². The molecule has 1 atom stereocenters. The Labute approximate surface area is 212 Å². The Kier molecular flexibility index (Phi) is 5.41. The molecule has 2 aromatic heterocycles. The molecule has 1 unspecified atom stereocenters. The highest BCUT2D eigenvalue weighted by atomic mass is 16.2. The summed E-state index contributed by atoms with van der Waals surface area (Å²) in [5, 5.41) is 9.40. The standard InChI is InChI=1S/C27H34N8O/c1-19-16-33(12-13-34(19)25(36)27(32(2)3)9-5-10-27)23-22-24(31-18-30-23)35(17-26(22)7-4-8-26)21-14-20(15-28)6-11-29-21/h6,11,14,18-19H,4-5,7-10,12-13,16-17H2,1-3H3. The molecule has 1 saturated heterocycles. The average molecular weight is 487 g/mol. The predicted octanol–water partition coefficient (Wildman–Crippen LogP) is 2.84. The molecule has 9 heteroatoms. The summed E-state index contributed by atoms with van der Waals surface area (Å²) in [6.45, 7) is 5.21. The van der Waals surface area contributed by atoms with Crippen molar-refractivity contribution in [3.63, 3.8) is 0 Å². The monoisotopic (exact) mass is 486 g/mol. The molecule has 1 amide bonds. The van der Waals surface area contributed by atoms with E-state index in [2.05, 4.69) is 37.6 Å². The third-order valence-electron chi connectivity index (χ3n) is 9.14. The van der Waals surface area contributed by atoms with E-state index in [1.165, 1.54) is 12.0 Å². The van der Waals surface area contributed by atoms with Crippen LogP contribution in [0.2, 0.25) is 0 Å². The first-order chi connectivity index (χ1) is 17.4. The highest BCUT2D eigenvalue weighted by Gasteiger charge is 2.52. The number of likely N-dealkylation sites (N-methyl/N-ethyl adjacent to an activating group) is 1. The Morgan fingerprint density at radius 3 is 2.47 bits per heavy atom. The summed E-state index contributed by atoms with van der Waals surface area (Å²) in [7, 11) is 4.07. The van der Waals surface area contributed by atoms with Gasteiger partial charge >= 0.3 is 0 Å². The van der Waals surface area contributed by atoms with Gasteiger partial charge in [-0.3, -0.25) is 9.69 Å². The van der Waals surface area contributed by atoms with E-state index in [9.17, 15) is 10.1 Å². The second-order valence-corrected chi connectivity index (χ2v) is 11.2. The molecule has 4 heterocycles. The number of carbonyl (C=O) groups is 1. The molecule has 0 aromatic carbocycles. The summed E-state index contributed by atoms with van der Waals surface area (Å²) in [5.74, 6) is 2.96. The summed E-state index contributed by atoms with van der Waals surface area (Å²) in [5.41, 5.74) is 1.51. The Morgan fingerprint density at radius 1 is 1.11 bits per heavy atom. The van der Waals surface area contributed by atoms with Gasteiger partial charge in [0.05, 0.1) is 11.6 Å². The highest BCUT2D eigenvalue weighted by molar-refractivity contribution is 5.88. The molecule has 6 rings (SSSR count). The Hall–Kier alpha value is -3.25. The molecule has 188 valence electrons. The zero-order valence-electron chi connectivity index (χ0n) is 21.4. The number of hydrogen-bond donors (Lipinski definition) is 0. The van der Waals surface area contributed by atoms with E-state index in [1.807, 2.05) is 20.2 Å². The molecule has 2 aliphatic heterocycles. The van der Waals surface area contributed by atoms with Gasteiger partial charge in [-0.1, -0.05) is 6.42 Å². The minimum absolute atomic E-state index is 0.0212. The van der Waals surface area contributed by atoms with Gasteiger partial charge < -0.3 is 14.7 Å². The van der Waals surface area contributed by atoms with Crippen LogP contribution in [0.3, 0.4) is 0 Å². The number of amides is 1. The maximum Gasteiger partial charge on any atom is 0.243 e. The van der Waals surface area contributed by atoms with Crippen molar-refractivity contribution < 1.29 is 4.79 Å². The van der Waals surface area contributed by atoms with Gasteiger partial charge in [-0.15, -0.1) is 0 Å². The van der Waals surface area contributed by atoms with E-state index in [0.29, 0.717) is 12.1 Å². The number of hydrogen-bond acceptors (Lipinski definition) is 8. The first-order valence-electron chi connectivity index (χ1n) is 13.1. The smallest absolute Gasteiger partial charge is 0.243 e. The lowest BCUT2D eigenvalue weighted by molar-refractivity contribution is -0.151. The lowest BCUT2D eigenvalue weighted by Gasteiger charge is -2.51. The Morgan fingerprint density at radius 2 is 1.86 bits per heavy atom. The first kappa shape index (κ1) is 23.2. The number of piperazine rings is 1. The molecule has 2 aliphatic carbocycles. The molecule has 4 aliphatic rings. The highest BCUT2D eigenvalue weighted by Crippen LogP contribution is 2.56. The lowest BCUT2D eigenvalue weighted by atomic mass is 9.66. The summed E-state index contributed by atoms with van der Waals surface area (Å²) in [4.78, 5) is 36.5. The molecular formula is C27H34N8O. The maximum atomic E-state index is 13.6. The van der Waals surface area contributed by atoms with Crippen LogP contribution in [0, 0.1) is 11.3 Å². The number of nitriles is 1. The minimum atomic E-state index is -0.325. The van der Waals surface area contributed by atoms with Crippen molar-refractivity contribution in [2.45, 2.75) is 62.4 Å². The van der Waals surface area contributed by atoms with Crippen LogP contribution in [0.15, 0.2) is 24.7 Å². The average Bonchev–Trinajstić information content (AvgIpc) is 3.19. The first-order valence-corrected chi connectivity index (χ1v) is 13.1. The van der Waals surface area contributed by atoms with Crippen molar-refractivity contribution in [3.8, 4) is 6.07 Å². The summed E-state index contributed by atoms with van der Waals surface area (Å²) < 4.78 is 0. The van der Waals surface area contributed by atoms with Crippen LogP contribution in [-0.4, -0.2) is 82.5 Å². The number of carbonyl (C=O) groups excluding carboxylic acids is 1. The molecule has 0 N–H and O–H groups in total. The zero-order chi connectivity index (χ0) is 25.1. The summed E-state index contributed by atoms with van der Waals surface area (Å²) >= 11 is 0. The van der Waals surface area contributed by atoms with E-state index in [-0.39, 0.29) is 22.9 Å². The van der Waals surface area contributed by atoms with E-state index in [4.69, 9.17) is 9.97 Å². The van der Waals surface area contributed by atoms with Gasteiger partial charge in [0, 0.05) is 49.4 Å². The molecule has 2 aromatic rings. The van der Waals surface area contributed by atoms with Crippen molar-refractivity contribution in [2.75, 3.05) is 50.1 Å². The fourth-order valence-corrected chi connectivity index (χ4v) is 6.66. The summed E-state index contributed by atoms with van der Waals surface area (Å²) in [6.07, 6.45) is 9.78. The fourth-order valence-electron chi connectivity index (χ4n) is 6.66.